The van der Waals surface area contributed by atoms with Gasteiger partial charge in [-0.25, -0.2) is 9.97 Å². The summed E-state index contributed by atoms with van der Waals surface area (Å²) in [6.07, 6.45) is 2.78. The number of aliphatic hydroxyl groups is 2. The molecule has 5 N–H and O–H groups in total. The van der Waals surface area contributed by atoms with Crippen LogP contribution >= 0.6 is 0 Å². The Kier molecular flexibility index (Phi) is 3.68. The summed E-state index contributed by atoms with van der Waals surface area (Å²) in [5, 5.41) is 21.9. The zero-order chi connectivity index (χ0) is 13.2. The number of nitrogens with two attached hydrogens (primary N) is 1. The van der Waals surface area contributed by atoms with Gasteiger partial charge in [-0.1, -0.05) is 6.92 Å². The fourth-order valence-corrected chi connectivity index (χ4v) is 1.79. The highest BCUT2D eigenvalue weighted by molar-refractivity contribution is 5.47. The summed E-state index contributed by atoms with van der Waals surface area (Å²) in [5.41, 5.74) is 4.99. The Morgan fingerprint density at radius 3 is 2.56 bits per heavy atom. The number of hydrogen-bond acceptors (Lipinski definition) is 6. The first-order valence-corrected chi connectivity index (χ1v) is 6.27. The van der Waals surface area contributed by atoms with Crippen LogP contribution in [-0.4, -0.2) is 38.9 Å². The third-order valence-corrected chi connectivity index (χ3v) is 3.38. The van der Waals surface area contributed by atoms with E-state index in [-0.39, 0.29) is 13.2 Å². The molecule has 1 fully saturated rings. The van der Waals surface area contributed by atoms with Gasteiger partial charge in [0.05, 0.1) is 18.8 Å². The third kappa shape index (κ3) is 2.70. The van der Waals surface area contributed by atoms with Crippen molar-refractivity contribution in [2.24, 2.45) is 0 Å². The van der Waals surface area contributed by atoms with E-state index in [2.05, 4.69) is 15.3 Å². The molecule has 0 aliphatic heterocycles. The summed E-state index contributed by atoms with van der Waals surface area (Å²) in [7, 11) is 0. The van der Waals surface area contributed by atoms with Crippen LogP contribution in [0.15, 0.2) is 6.07 Å². The lowest BCUT2D eigenvalue weighted by atomic mass is 9.98. The number of aliphatic hydroxyl groups excluding tert-OH is 2. The van der Waals surface area contributed by atoms with Crippen molar-refractivity contribution in [1.82, 2.24) is 9.97 Å². The molecular weight excluding hydrogens is 232 g/mol. The van der Waals surface area contributed by atoms with Crippen LogP contribution in [0.2, 0.25) is 0 Å². The number of nitrogen functional groups attached to an aromatic ring is 1. The van der Waals surface area contributed by atoms with Crippen molar-refractivity contribution in [3.63, 3.8) is 0 Å². The van der Waals surface area contributed by atoms with Gasteiger partial charge in [-0.2, -0.15) is 0 Å². The van der Waals surface area contributed by atoms with Gasteiger partial charge in [0.25, 0.3) is 0 Å². The molecular formula is C12H20N4O2. The molecule has 0 amide bonds. The maximum Gasteiger partial charge on any atom is 0.136 e. The predicted octanol–water partition coefficient (Wildman–Crippen LogP) is 0.481. The minimum absolute atomic E-state index is 0.164. The van der Waals surface area contributed by atoms with Gasteiger partial charge in [0.1, 0.15) is 17.5 Å². The highest BCUT2D eigenvalue weighted by atomic mass is 16.3. The molecule has 1 aliphatic carbocycles. The number of hydrogen-bond donors (Lipinski definition) is 4. The van der Waals surface area contributed by atoms with Crippen molar-refractivity contribution in [1.29, 1.82) is 0 Å². The Hall–Kier alpha value is -1.40. The van der Waals surface area contributed by atoms with Crippen molar-refractivity contribution in [3.8, 4) is 0 Å². The summed E-state index contributed by atoms with van der Waals surface area (Å²) < 4.78 is 0. The molecule has 0 atom stereocenters. The largest absolute Gasteiger partial charge is 0.394 e. The molecule has 1 saturated carbocycles. The Morgan fingerprint density at radius 2 is 2.06 bits per heavy atom. The van der Waals surface area contributed by atoms with Gasteiger partial charge in [-0.3, -0.25) is 0 Å². The van der Waals surface area contributed by atoms with Crippen molar-refractivity contribution in [2.75, 3.05) is 24.3 Å². The van der Waals surface area contributed by atoms with Crippen LogP contribution in [0.25, 0.3) is 0 Å². The topological polar surface area (TPSA) is 104 Å². The van der Waals surface area contributed by atoms with Crippen LogP contribution in [0, 0.1) is 0 Å². The van der Waals surface area contributed by atoms with E-state index in [1.54, 1.807) is 6.07 Å². The Labute approximate surface area is 106 Å². The molecule has 2 rings (SSSR count). The monoisotopic (exact) mass is 252 g/mol. The van der Waals surface area contributed by atoms with Gasteiger partial charge in [-0.05, 0) is 19.3 Å². The van der Waals surface area contributed by atoms with Crippen LogP contribution in [-0.2, 0) is 0 Å². The minimum Gasteiger partial charge on any atom is -0.394 e. The fraction of sp³-hybridized carbons (Fsp3) is 0.667. The first-order valence-electron chi connectivity index (χ1n) is 6.27. The maximum absolute atomic E-state index is 9.40. The van der Waals surface area contributed by atoms with Gasteiger partial charge in [0.15, 0.2) is 0 Å². The normalized spacial score (nSPS) is 15.7. The van der Waals surface area contributed by atoms with Gasteiger partial charge >= 0.3 is 0 Å². The predicted molar refractivity (Wildman–Crippen MR) is 69.2 cm³/mol. The van der Waals surface area contributed by atoms with E-state index >= 15 is 0 Å². The highest BCUT2D eigenvalue weighted by Gasteiger charge is 2.30. The summed E-state index contributed by atoms with van der Waals surface area (Å²) in [5.74, 6) is 2.14. The third-order valence-electron chi connectivity index (χ3n) is 3.38. The van der Waals surface area contributed by atoms with Crippen LogP contribution in [0.3, 0.4) is 0 Å². The van der Waals surface area contributed by atoms with Gasteiger partial charge in [-0.15, -0.1) is 0 Å². The standard InChI is InChI=1S/C12H20N4O2/c1-2-12(6-17,7-18)16-10-5-9(13)14-11(15-10)8-3-4-8/h5,8,17-18H,2-4,6-7H2,1H3,(H3,13,14,15,16). The van der Waals surface area contributed by atoms with E-state index in [0.717, 1.165) is 18.7 Å². The lowest BCUT2D eigenvalue weighted by molar-refractivity contribution is 0.132. The number of rotatable bonds is 6. The molecule has 0 aromatic carbocycles. The molecule has 0 bridgehead atoms. The number of anilines is 2. The van der Waals surface area contributed by atoms with Crippen LogP contribution in [0.4, 0.5) is 11.6 Å². The van der Waals surface area contributed by atoms with Crippen molar-refractivity contribution in [2.45, 2.75) is 37.6 Å². The summed E-state index contributed by atoms with van der Waals surface area (Å²) in [6.45, 7) is 1.57. The van der Waals surface area contributed by atoms with Gasteiger partial charge in [0, 0.05) is 12.0 Å². The van der Waals surface area contributed by atoms with E-state index in [1.165, 1.54) is 0 Å². The average molecular weight is 252 g/mol. The van der Waals surface area contributed by atoms with Crippen molar-refractivity contribution in [3.05, 3.63) is 11.9 Å². The molecule has 6 heteroatoms. The molecule has 1 aromatic rings. The zero-order valence-corrected chi connectivity index (χ0v) is 10.6. The van der Waals surface area contributed by atoms with E-state index in [1.807, 2.05) is 6.92 Å². The summed E-state index contributed by atoms with van der Waals surface area (Å²) >= 11 is 0. The molecule has 0 spiro atoms. The second kappa shape index (κ2) is 5.07. The van der Waals surface area contributed by atoms with Gasteiger partial charge < -0.3 is 21.3 Å². The minimum atomic E-state index is -0.762. The first kappa shape index (κ1) is 13.0. The number of aromatic nitrogens is 2. The van der Waals surface area contributed by atoms with Gasteiger partial charge in [0.2, 0.25) is 0 Å². The molecule has 100 valence electrons. The lowest BCUT2D eigenvalue weighted by Crippen LogP contribution is -2.45. The molecule has 0 radical (unpaired) electrons. The fourth-order valence-electron chi connectivity index (χ4n) is 1.79. The molecule has 18 heavy (non-hydrogen) atoms. The summed E-state index contributed by atoms with van der Waals surface area (Å²) in [6, 6.07) is 1.63. The Morgan fingerprint density at radius 1 is 1.39 bits per heavy atom. The average Bonchev–Trinajstić information content (AvgIpc) is 3.20. The van der Waals surface area contributed by atoms with E-state index < -0.39 is 5.54 Å². The molecule has 1 heterocycles. The first-order chi connectivity index (χ1) is 8.62. The molecule has 0 unspecified atom stereocenters. The van der Waals surface area contributed by atoms with Crippen molar-refractivity contribution >= 4 is 11.6 Å². The molecule has 1 aliphatic rings. The SMILES string of the molecule is CCC(CO)(CO)Nc1cc(N)nc(C2CC2)n1. The smallest absolute Gasteiger partial charge is 0.136 e. The number of nitrogens with one attached hydrogen (secondary N) is 1. The lowest BCUT2D eigenvalue weighted by Gasteiger charge is -2.30. The van der Waals surface area contributed by atoms with Crippen LogP contribution in [0.1, 0.15) is 37.9 Å². The zero-order valence-electron chi connectivity index (χ0n) is 10.6. The number of nitrogens with zero attached hydrogens (tertiary/aromatic N) is 2. The maximum atomic E-state index is 9.40. The highest BCUT2D eigenvalue weighted by Crippen LogP contribution is 2.38. The second-order valence-electron chi connectivity index (χ2n) is 4.89. The Balaban J connectivity index is 2.21. The van der Waals surface area contributed by atoms with Crippen molar-refractivity contribution < 1.29 is 10.2 Å². The molecule has 0 saturated heterocycles. The Bertz CT molecular complexity index is 408. The molecule has 1 aromatic heterocycles. The van der Waals surface area contributed by atoms with E-state index in [9.17, 15) is 10.2 Å². The molecule has 6 nitrogen and oxygen atoms in total. The van der Waals surface area contributed by atoms with E-state index in [0.29, 0.717) is 24.0 Å². The van der Waals surface area contributed by atoms with E-state index in [4.69, 9.17) is 5.73 Å². The quantitative estimate of drug-likeness (QED) is 0.587. The summed E-state index contributed by atoms with van der Waals surface area (Å²) in [4.78, 5) is 8.60. The van der Waals surface area contributed by atoms with Crippen LogP contribution in [0.5, 0.6) is 0 Å². The second-order valence-corrected chi connectivity index (χ2v) is 4.89. The van der Waals surface area contributed by atoms with Crippen LogP contribution < -0.4 is 11.1 Å².